The van der Waals surface area contributed by atoms with E-state index in [1.807, 2.05) is 48.5 Å². The lowest BCUT2D eigenvalue weighted by atomic mass is 10.0. The third kappa shape index (κ3) is 4.03. The van der Waals surface area contributed by atoms with Crippen LogP contribution < -0.4 is 15.8 Å². The van der Waals surface area contributed by atoms with Gasteiger partial charge in [-0.1, -0.05) is 24.3 Å². The van der Waals surface area contributed by atoms with Crippen molar-refractivity contribution in [3.63, 3.8) is 0 Å². The van der Waals surface area contributed by atoms with Crippen molar-refractivity contribution in [1.29, 1.82) is 0 Å². The topological polar surface area (TPSA) is 64.3 Å². The second kappa shape index (κ2) is 6.73. The Morgan fingerprint density at radius 3 is 2.39 bits per heavy atom. The predicted molar refractivity (Wildman–Crippen MR) is 91.2 cm³/mol. The van der Waals surface area contributed by atoms with Crippen LogP contribution in [0.25, 0.3) is 0 Å². The van der Waals surface area contributed by atoms with E-state index in [2.05, 4.69) is 5.32 Å². The van der Waals surface area contributed by atoms with Crippen molar-refractivity contribution in [2.45, 2.75) is 25.3 Å². The number of anilines is 1. The van der Waals surface area contributed by atoms with Crippen molar-refractivity contribution in [3.8, 4) is 5.75 Å². The summed E-state index contributed by atoms with van der Waals surface area (Å²) >= 11 is 0. The third-order valence-corrected chi connectivity index (χ3v) is 4.23. The Morgan fingerprint density at radius 1 is 1.17 bits per heavy atom. The van der Waals surface area contributed by atoms with Crippen LogP contribution >= 0.6 is 0 Å². The number of amides is 1. The molecule has 1 saturated carbocycles. The molecule has 3 rings (SSSR count). The molecule has 1 atom stereocenters. The maximum absolute atomic E-state index is 12.4. The second-order valence-corrected chi connectivity index (χ2v) is 6.07. The summed E-state index contributed by atoms with van der Waals surface area (Å²) in [5.74, 6) is 1.41. The molecule has 0 aliphatic heterocycles. The first kappa shape index (κ1) is 15.4. The fourth-order valence-corrected chi connectivity index (χ4v) is 2.76. The number of hydrogen-bond donors (Lipinski definition) is 2. The fourth-order valence-electron chi connectivity index (χ4n) is 2.76. The number of benzene rings is 2. The van der Waals surface area contributed by atoms with Crippen LogP contribution in [0.5, 0.6) is 5.75 Å². The van der Waals surface area contributed by atoms with Crippen LogP contribution in [0, 0.1) is 5.92 Å². The van der Waals surface area contributed by atoms with Crippen LogP contribution in [-0.4, -0.2) is 13.0 Å². The summed E-state index contributed by atoms with van der Waals surface area (Å²) in [7, 11) is 1.65. The molecule has 0 saturated heterocycles. The number of nitrogen functional groups attached to an aromatic ring is 1. The lowest BCUT2D eigenvalue weighted by molar-refractivity contribution is -0.121. The van der Waals surface area contributed by atoms with E-state index in [-0.39, 0.29) is 11.9 Å². The van der Waals surface area contributed by atoms with Crippen molar-refractivity contribution >= 4 is 11.6 Å². The van der Waals surface area contributed by atoms with Gasteiger partial charge in [0.05, 0.1) is 19.6 Å². The highest BCUT2D eigenvalue weighted by Gasteiger charge is 2.33. The molecule has 0 heterocycles. The number of methoxy groups -OCH3 is 1. The molecule has 120 valence electrons. The summed E-state index contributed by atoms with van der Waals surface area (Å²) < 4.78 is 5.20. The number of ether oxygens (including phenoxy) is 1. The molecule has 1 aliphatic carbocycles. The Hall–Kier alpha value is -2.49. The molecule has 4 heteroatoms. The van der Waals surface area contributed by atoms with Crippen LogP contribution in [0.3, 0.4) is 0 Å². The van der Waals surface area contributed by atoms with Gasteiger partial charge in [0.15, 0.2) is 0 Å². The van der Waals surface area contributed by atoms with E-state index in [0.29, 0.717) is 18.0 Å². The summed E-state index contributed by atoms with van der Waals surface area (Å²) in [6.07, 6.45) is 2.71. The van der Waals surface area contributed by atoms with Crippen molar-refractivity contribution in [2.24, 2.45) is 5.92 Å². The van der Waals surface area contributed by atoms with E-state index in [0.717, 1.165) is 16.9 Å². The molecule has 3 N–H and O–H groups in total. The Kier molecular flexibility index (Phi) is 4.51. The number of rotatable bonds is 6. The fraction of sp³-hybridized carbons (Fsp3) is 0.316. The van der Waals surface area contributed by atoms with E-state index >= 15 is 0 Å². The molecule has 4 nitrogen and oxygen atoms in total. The van der Waals surface area contributed by atoms with Gasteiger partial charge in [0.25, 0.3) is 0 Å². The smallest absolute Gasteiger partial charge is 0.224 e. The lowest BCUT2D eigenvalue weighted by Gasteiger charge is -2.19. The van der Waals surface area contributed by atoms with Crippen LogP contribution in [0.4, 0.5) is 5.69 Å². The average molecular weight is 310 g/mol. The quantitative estimate of drug-likeness (QED) is 0.806. The van der Waals surface area contributed by atoms with Gasteiger partial charge in [-0.2, -0.15) is 0 Å². The number of nitrogens with one attached hydrogen (secondary N) is 1. The number of carbonyl (C=O) groups is 1. The molecule has 0 aromatic heterocycles. The number of nitrogens with two attached hydrogens (primary N) is 1. The molecule has 1 amide bonds. The lowest BCUT2D eigenvalue weighted by Crippen LogP contribution is -2.31. The highest BCUT2D eigenvalue weighted by Crippen LogP contribution is 2.41. The predicted octanol–water partition coefficient (Wildman–Crippen LogP) is 3.09. The molecule has 1 aliphatic rings. The van der Waals surface area contributed by atoms with Crippen molar-refractivity contribution in [3.05, 3.63) is 59.7 Å². The summed E-state index contributed by atoms with van der Waals surface area (Å²) in [4.78, 5) is 12.4. The zero-order chi connectivity index (χ0) is 16.2. The van der Waals surface area contributed by atoms with E-state index in [1.165, 1.54) is 12.8 Å². The summed E-state index contributed by atoms with van der Waals surface area (Å²) in [6.45, 7) is 0. The highest BCUT2D eigenvalue weighted by atomic mass is 16.5. The van der Waals surface area contributed by atoms with Crippen molar-refractivity contribution < 1.29 is 9.53 Å². The minimum Gasteiger partial charge on any atom is -0.497 e. The molecule has 0 radical (unpaired) electrons. The first-order chi connectivity index (χ1) is 11.2. The summed E-state index contributed by atoms with van der Waals surface area (Å²) in [5, 5.41) is 3.18. The third-order valence-electron chi connectivity index (χ3n) is 4.23. The molecule has 1 fully saturated rings. The molecule has 1 unspecified atom stereocenters. The first-order valence-electron chi connectivity index (χ1n) is 7.93. The zero-order valence-corrected chi connectivity index (χ0v) is 13.3. The zero-order valence-electron chi connectivity index (χ0n) is 13.3. The highest BCUT2D eigenvalue weighted by molar-refractivity contribution is 5.79. The summed E-state index contributed by atoms with van der Waals surface area (Å²) in [5.41, 5.74) is 8.50. The van der Waals surface area contributed by atoms with E-state index in [9.17, 15) is 4.79 Å². The molecule has 0 spiro atoms. The standard InChI is InChI=1S/C19H22N2O2/c1-23-17-10-6-15(7-11-17)19(14-4-5-14)21-18(22)12-13-2-8-16(20)9-3-13/h2-3,6-11,14,19H,4-5,12,20H2,1H3,(H,21,22). The Labute approximate surface area is 136 Å². The molecule has 23 heavy (non-hydrogen) atoms. The summed E-state index contributed by atoms with van der Waals surface area (Å²) in [6, 6.07) is 15.5. The normalized spacial score (nSPS) is 15.0. The van der Waals surface area contributed by atoms with E-state index in [1.54, 1.807) is 7.11 Å². The Bertz CT molecular complexity index is 661. The second-order valence-electron chi connectivity index (χ2n) is 6.07. The molecule has 2 aromatic rings. The SMILES string of the molecule is COc1ccc(C(NC(=O)Cc2ccc(N)cc2)C2CC2)cc1. The van der Waals surface area contributed by atoms with Gasteiger partial charge < -0.3 is 15.8 Å². The van der Waals surface area contributed by atoms with Gasteiger partial charge in [-0.05, 0) is 54.2 Å². The Morgan fingerprint density at radius 2 is 1.83 bits per heavy atom. The van der Waals surface area contributed by atoms with Crippen LogP contribution in [0.2, 0.25) is 0 Å². The largest absolute Gasteiger partial charge is 0.497 e. The van der Waals surface area contributed by atoms with Gasteiger partial charge in [0.1, 0.15) is 5.75 Å². The maximum Gasteiger partial charge on any atom is 0.224 e. The van der Waals surface area contributed by atoms with Crippen molar-refractivity contribution in [2.75, 3.05) is 12.8 Å². The van der Waals surface area contributed by atoms with Gasteiger partial charge in [-0.15, -0.1) is 0 Å². The Balaban J connectivity index is 1.66. The minimum atomic E-state index is 0.0440. The van der Waals surface area contributed by atoms with E-state index < -0.39 is 0 Å². The molecule has 2 aromatic carbocycles. The van der Waals surface area contributed by atoms with Crippen LogP contribution in [0.1, 0.15) is 30.0 Å². The number of carbonyl (C=O) groups excluding carboxylic acids is 1. The van der Waals surface area contributed by atoms with Gasteiger partial charge in [-0.25, -0.2) is 0 Å². The minimum absolute atomic E-state index is 0.0440. The van der Waals surface area contributed by atoms with Gasteiger partial charge in [0, 0.05) is 5.69 Å². The van der Waals surface area contributed by atoms with Gasteiger partial charge in [-0.3, -0.25) is 4.79 Å². The number of hydrogen-bond acceptors (Lipinski definition) is 3. The molecule has 0 bridgehead atoms. The van der Waals surface area contributed by atoms with E-state index in [4.69, 9.17) is 10.5 Å². The van der Waals surface area contributed by atoms with Gasteiger partial charge >= 0.3 is 0 Å². The van der Waals surface area contributed by atoms with Crippen LogP contribution in [0.15, 0.2) is 48.5 Å². The monoisotopic (exact) mass is 310 g/mol. The average Bonchev–Trinajstić information content (AvgIpc) is 3.40. The van der Waals surface area contributed by atoms with Gasteiger partial charge in [0.2, 0.25) is 5.91 Å². The molecular weight excluding hydrogens is 288 g/mol. The first-order valence-corrected chi connectivity index (χ1v) is 7.93. The van der Waals surface area contributed by atoms with Crippen LogP contribution in [-0.2, 0) is 11.2 Å². The molecular formula is C19H22N2O2. The van der Waals surface area contributed by atoms with Crippen molar-refractivity contribution in [1.82, 2.24) is 5.32 Å². The maximum atomic E-state index is 12.4.